The van der Waals surface area contributed by atoms with E-state index >= 15 is 0 Å². The Hall–Kier alpha value is -1.27. The van der Waals surface area contributed by atoms with Gasteiger partial charge >= 0.3 is 6.18 Å². The average molecular weight is 352 g/mol. The highest BCUT2D eigenvalue weighted by Crippen LogP contribution is 2.34. The predicted molar refractivity (Wildman–Crippen MR) is 71.7 cm³/mol. The zero-order chi connectivity index (χ0) is 14.0. The SMILES string of the molecule is FC(F)(F)c1cc(Cl)cc(Nc2ncccc2Br)c1. The molecule has 100 valence electrons. The fourth-order valence-electron chi connectivity index (χ4n) is 1.44. The zero-order valence-corrected chi connectivity index (χ0v) is 11.6. The third-order valence-electron chi connectivity index (χ3n) is 2.25. The number of pyridine rings is 1. The molecule has 0 unspecified atom stereocenters. The van der Waals surface area contributed by atoms with E-state index in [0.29, 0.717) is 10.3 Å². The lowest BCUT2D eigenvalue weighted by Gasteiger charge is -2.12. The van der Waals surface area contributed by atoms with Crippen molar-refractivity contribution in [2.75, 3.05) is 5.32 Å². The standard InChI is InChI=1S/C12H7BrClF3N2/c13-10-2-1-3-18-11(10)19-9-5-7(12(15,16)17)4-8(14)6-9/h1-6H,(H,18,19). The van der Waals surface area contributed by atoms with Gasteiger partial charge in [-0.25, -0.2) is 4.98 Å². The molecule has 0 fully saturated rings. The monoisotopic (exact) mass is 350 g/mol. The van der Waals surface area contributed by atoms with Crippen LogP contribution in [0.5, 0.6) is 0 Å². The van der Waals surface area contributed by atoms with E-state index < -0.39 is 11.7 Å². The van der Waals surface area contributed by atoms with Gasteiger partial charge in [0, 0.05) is 16.9 Å². The van der Waals surface area contributed by atoms with Gasteiger partial charge in [0.05, 0.1) is 10.0 Å². The molecule has 0 bridgehead atoms. The average Bonchev–Trinajstić information content (AvgIpc) is 2.30. The van der Waals surface area contributed by atoms with Gasteiger partial charge < -0.3 is 5.32 Å². The first-order chi connectivity index (χ1) is 8.86. The van der Waals surface area contributed by atoms with Gasteiger partial charge in [-0.1, -0.05) is 11.6 Å². The van der Waals surface area contributed by atoms with Gasteiger partial charge in [-0.2, -0.15) is 13.2 Å². The number of rotatable bonds is 2. The normalized spacial score (nSPS) is 11.4. The number of halogens is 5. The van der Waals surface area contributed by atoms with Crippen molar-refractivity contribution in [3.8, 4) is 0 Å². The van der Waals surface area contributed by atoms with Crippen molar-refractivity contribution in [3.63, 3.8) is 0 Å². The molecule has 7 heteroatoms. The van der Waals surface area contributed by atoms with Crippen LogP contribution in [0.4, 0.5) is 24.7 Å². The minimum Gasteiger partial charge on any atom is -0.339 e. The maximum Gasteiger partial charge on any atom is 0.416 e. The Morgan fingerprint density at radius 1 is 1.21 bits per heavy atom. The highest BCUT2D eigenvalue weighted by atomic mass is 79.9. The van der Waals surface area contributed by atoms with Gasteiger partial charge in [0.1, 0.15) is 5.82 Å². The molecule has 0 aliphatic rings. The van der Waals surface area contributed by atoms with E-state index in [9.17, 15) is 13.2 Å². The van der Waals surface area contributed by atoms with E-state index in [1.165, 1.54) is 12.3 Å². The van der Waals surface area contributed by atoms with Crippen molar-refractivity contribution >= 4 is 39.0 Å². The smallest absolute Gasteiger partial charge is 0.339 e. The molecular formula is C12H7BrClF3N2. The molecule has 19 heavy (non-hydrogen) atoms. The summed E-state index contributed by atoms with van der Waals surface area (Å²) in [5.41, 5.74) is -0.589. The molecule has 0 radical (unpaired) electrons. The summed E-state index contributed by atoms with van der Waals surface area (Å²) in [7, 11) is 0. The summed E-state index contributed by atoms with van der Waals surface area (Å²) in [6.45, 7) is 0. The summed E-state index contributed by atoms with van der Waals surface area (Å²) in [5.74, 6) is 0.415. The molecule has 0 aliphatic carbocycles. The number of hydrogen-bond acceptors (Lipinski definition) is 2. The Balaban J connectivity index is 2.36. The Morgan fingerprint density at radius 3 is 2.58 bits per heavy atom. The Morgan fingerprint density at radius 2 is 1.95 bits per heavy atom. The summed E-state index contributed by atoms with van der Waals surface area (Å²) in [6.07, 6.45) is -2.91. The van der Waals surface area contributed by atoms with Gasteiger partial charge in [-0.3, -0.25) is 0 Å². The van der Waals surface area contributed by atoms with Gasteiger partial charge in [0.25, 0.3) is 0 Å². The molecule has 0 aliphatic heterocycles. The van der Waals surface area contributed by atoms with Crippen molar-refractivity contribution in [1.82, 2.24) is 4.98 Å². The van der Waals surface area contributed by atoms with Gasteiger partial charge in [0.2, 0.25) is 0 Å². The van der Waals surface area contributed by atoms with Crippen LogP contribution in [0.3, 0.4) is 0 Å². The number of benzene rings is 1. The number of nitrogens with one attached hydrogen (secondary N) is 1. The van der Waals surface area contributed by atoms with Crippen LogP contribution in [-0.4, -0.2) is 4.98 Å². The highest BCUT2D eigenvalue weighted by Gasteiger charge is 2.31. The molecule has 1 aromatic heterocycles. The second kappa shape index (κ2) is 5.38. The van der Waals surface area contributed by atoms with Crippen LogP contribution in [0.1, 0.15) is 5.56 Å². The second-order valence-electron chi connectivity index (χ2n) is 3.69. The molecule has 2 rings (SSSR count). The molecule has 0 amide bonds. The minimum atomic E-state index is -4.44. The van der Waals surface area contributed by atoms with Crippen LogP contribution in [0, 0.1) is 0 Å². The molecular weight excluding hydrogens is 344 g/mol. The molecule has 2 aromatic rings. The summed E-state index contributed by atoms with van der Waals surface area (Å²) in [6, 6.07) is 6.68. The maximum absolute atomic E-state index is 12.7. The Kier molecular flexibility index (Phi) is 4.01. The fourth-order valence-corrected chi connectivity index (χ4v) is 2.03. The van der Waals surface area contributed by atoms with Crippen molar-refractivity contribution in [3.05, 3.63) is 51.6 Å². The first-order valence-corrected chi connectivity index (χ1v) is 6.29. The largest absolute Gasteiger partial charge is 0.416 e. The highest BCUT2D eigenvalue weighted by molar-refractivity contribution is 9.10. The van der Waals surface area contributed by atoms with Crippen LogP contribution in [-0.2, 0) is 6.18 Å². The van der Waals surface area contributed by atoms with Crippen LogP contribution >= 0.6 is 27.5 Å². The lowest BCUT2D eigenvalue weighted by atomic mass is 10.2. The lowest BCUT2D eigenvalue weighted by molar-refractivity contribution is -0.137. The molecule has 0 saturated carbocycles. The quantitative estimate of drug-likeness (QED) is 0.798. The van der Waals surface area contributed by atoms with E-state index in [0.717, 1.165) is 12.1 Å². The van der Waals surface area contributed by atoms with Crippen molar-refractivity contribution < 1.29 is 13.2 Å². The third kappa shape index (κ3) is 3.61. The van der Waals surface area contributed by atoms with Gasteiger partial charge in [0.15, 0.2) is 0 Å². The molecule has 0 saturated heterocycles. The molecule has 1 heterocycles. The molecule has 0 spiro atoms. The maximum atomic E-state index is 12.7. The number of hydrogen-bond donors (Lipinski definition) is 1. The summed E-state index contributed by atoms with van der Waals surface area (Å²) in [5, 5.41) is 2.79. The number of anilines is 2. The van der Waals surface area contributed by atoms with E-state index in [2.05, 4.69) is 26.2 Å². The van der Waals surface area contributed by atoms with E-state index in [1.807, 2.05) is 0 Å². The van der Waals surface area contributed by atoms with Gasteiger partial charge in [-0.05, 0) is 46.3 Å². The van der Waals surface area contributed by atoms with E-state index in [4.69, 9.17) is 11.6 Å². The second-order valence-corrected chi connectivity index (χ2v) is 4.98. The molecule has 1 N–H and O–H groups in total. The summed E-state index contributed by atoms with van der Waals surface area (Å²) < 4.78 is 38.6. The topological polar surface area (TPSA) is 24.9 Å². The third-order valence-corrected chi connectivity index (χ3v) is 3.10. The molecule has 0 atom stereocenters. The summed E-state index contributed by atoms with van der Waals surface area (Å²) >= 11 is 8.94. The van der Waals surface area contributed by atoms with Crippen molar-refractivity contribution in [2.24, 2.45) is 0 Å². The fraction of sp³-hybridized carbons (Fsp3) is 0.0833. The van der Waals surface area contributed by atoms with Gasteiger partial charge in [-0.15, -0.1) is 0 Å². The number of aromatic nitrogens is 1. The first kappa shape index (κ1) is 14.1. The van der Waals surface area contributed by atoms with Crippen molar-refractivity contribution in [1.29, 1.82) is 0 Å². The lowest BCUT2D eigenvalue weighted by Crippen LogP contribution is -2.05. The van der Waals surface area contributed by atoms with Crippen molar-refractivity contribution in [2.45, 2.75) is 6.18 Å². The number of nitrogens with zero attached hydrogens (tertiary/aromatic N) is 1. The van der Waals surface area contributed by atoms with E-state index in [-0.39, 0.29) is 10.7 Å². The van der Waals surface area contributed by atoms with Crippen LogP contribution in [0.15, 0.2) is 41.0 Å². The van der Waals surface area contributed by atoms with E-state index in [1.54, 1.807) is 12.1 Å². The van der Waals surface area contributed by atoms with Crippen LogP contribution in [0.25, 0.3) is 0 Å². The zero-order valence-electron chi connectivity index (χ0n) is 9.30. The van der Waals surface area contributed by atoms with Crippen LogP contribution < -0.4 is 5.32 Å². The number of alkyl halides is 3. The summed E-state index contributed by atoms with van der Waals surface area (Å²) in [4.78, 5) is 4.01. The Labute approximate surface area is 120 Å². The predicted octanol–water partition coefficient (Wildman–Crippen LogP) is 5.26. The first-order valence-electron chi connectivity index (χ1n) is 5.11. The molecule has 1 aromatic carbocycles. The Bertz CT molecular complexity index is 602. The van der Waals surface area contributed by atoms with Crippen LogP contribution in [0.2, 0.25) is 5.02 Å². The minimum absolute atomic E-state index is 0.00405. The molecule has 2 nitrogen and oxygen atoms in total.